The van der Waals surface area contributed by atoms with E-state index in [4.69, 9.17) is 18.9 Å². The molecule has 7 nitrogen and oxygen atoms in total. The molecule has 3 aliphatic heterocycles. The molecule has 0 fully saturated rings. The highest BCUT2D eigenvalue weighted by molar-refractivity contribution is 5.53. The van der Waals surface area contributed by atoms with Crippen LogP contribution in [0.4, 0.5) is 0 Å². The van der Waals surface area contributed by atoms with Crippen molar-refractivity contribution in [3.8, 4) is 28.7 Å². The van der Waals surface area contributed by atoms with Crippen molar-refractivity contribution in [3.05, 3.63) is 76.3 Å². The Morgan fingerprint density at radius 1 is 0.917 bits per heavy atom. The second kappa shape index (κ2) is 9.22. The zero-order chi connectivity index (χ0) is 24.8. The van der Waals surface area contributed by atoms with Gasteiger partial charge in [-0.25, -0.2) is 0 Å². The van der Waals surface area contributed by atoms with Crippen molar-refractivity contribution in [2.75, 3.05) is 26.9 Å². The van der Waals surface area contributed by atoms with Gasteiger partial charge in [0.1, 0.15) is 28.7 Å². The van der Waals surface area contributed by atoms with Crippen molar-refractivity contribution >= 4 is 0 Å². The average Bonchev–Trinajstić information content (AvgIpc) is 2.89. The fourth-order valence-corrected chi connectivity index (χ4v) is 5.82. The van der Waals surface area contributed by atoms with Crippen LogP contribution in [0.3, 0.4) is 0 Å². The summed E-state index contributed by atoms with van der Waals surface area (Å²) in [5.74, 6) is 2.20. The zero-order valence-electron chi connectivity index (χ0n) is 20.1. The van der Waals surface area contributed by atoms with Gasteiger partial charge in [-0.15, -0.1) is 0 Å². The maximum Gasteiger partial charge on any atom is 0.128 e. The fraction of sp³-hybridized carbons (Fsp3) is 0.379. The Kier molecular flexibility index (Phi) is 5.90. The maximum atomic E-state index is 11.6. The molecule has 0 saturated carbocycles. The van der Waals surface area contributed by atoms with Gasteiger partial charge in [0.2, 0.25) is 0 Å². The van der Waals surface area contributed by atoms with E-state index >= 15 is 0 Å². The van der Waals surface area contributed by atoms with Gasteiger partial charge in [-0.3, -0.25) is 0 Å². The second-order valence-corrected chi connectivity index (χ2v) is 9.80. The molecule has 3 N–H and O–H groups in total. The lowest BCUT2D eigenvalue weighted by Gasteiger charge is -2.41. The highest BCUT2D eigenvalue weighted by atomic mass is 16.5. The van der Waals surface area contributed by atoms with Crippen LogP contribution in [0.2, 0.25) is 0 Å². The summed E-state index contributed by atoms with van der Waals surface area (Å²) in [6.45, 7) is 1.21. The Morgan fingerprint density at radius 2 is 1.72 bits per heavy atom. The lowest BCUT2D eigenvalue weighted by Crippen LogP contribution is -2.40. The third-order valence-electron chi connectivity index (χ3n) is 7.64. The molecule has 0 amide bonds. The van der Waals surface area contributed by atoms with E-state index < -0.39 is 12.2 Å². The Hall–Kier alpha value is -3.42. The molecule has 0 spiro atoms. The molecule has 0 aliphatic carbocycles. The number of benzene rings is 3. The van der Waals surface area contributed by atoms with Gasteiger partial charge in [-0.2, -0.15) is 0 Å². The van der Waals surface area contributed by atoms with E-state index in [1.807, 2.05) is 24.3 Å². The summed E-state index contributed by atoms with van der Waals surface area (Å²) < 4.78 is 23.7. The van der Waals surface area contributed by atoms with E-state index in [2.05, 4.69) is 0 Å². The van der Waals surface area contributed by atoms with Gasteiger partial charge in [0.05, 0.1) is 39.1 Å². The Morgan fingerprint density at radius 3 is 2.56 bits per heavy atom. The van der Waals surface area contributed by atoms with Crippen LogP contribution in [0.1, 0.15) is 46.4 Å². The summed E-state index contributed by atoms with van der Waals surface area (Å²) in [5.41, 5.74) is 4.20. The summed E-state index contributed by atoms with van der Waals surface area (Å²) >= 11 is 0. The molecule has 0 radical (unpaired) electrons. The minimum Gasteiger partial charge on any atom is -0.508 e. The first kappa shape index (κ1) is 23.0. The Balaban J connectivity index is 1.32. The van der Waals surface area contributed by atoms with Crippen LogP contribution in [-0.4, -0.2) is 42.3 Å². The molecular formula is C29H30O7. The molecule has 3 aromatic rings. The number of hydrogen-bond acceptors (Lipinski definition) is 7. The number of hydrogen-bond donors (Lipinski definition) is 3. The molecule has 36 heavy (non-hydrogen) atoms. The van der Waals surface area contributed by atoms with E-state index in [1.54, 1.807) is 31.4 Å². The number of phenolic OH excluding ortho intramolecular Hbond substituents is 1. The SMILES string of the molecule is COc1cc(Cc2cccc(O)c2)c2c(c1)C(O)C(C1COc3ccc4c(c3C1O)CCCO4)CO2. The Labute approximate surface area is 209 Å². The molecule has 0 aromatic heterocycles. The highest BCUT2D eigenvalue weighted by Crippen LogP contribution is 2.50. The van der Waals surface area contributed by atoms with E-state index in [0.29, 0.717) is 35.8 Å². The molecule has 4 atom stereocenters. The molecular weight excluding hydrogens is 460 g/mol. The summed E-state index contributed by atoms with van der Waals surface area (Å²) in [6.07, 6.45) is 0.568. The van der Waals surface area contributed by atoms with Crippen LogP contribution in [0.25, 0.3) is 0 Å². The number of methoxy groups -OCH3 is 1. The molecule has 0 saturated heterocycles. The molecule has 4 unspecified atom stereocenters. The number of aliphatic hydroxyl groups is 2. The van der Waals surface area contributed by atoms with Crippen LogP contribution in [-0.2, 0) is 12.8 Å². The van der Waals surface area contributed by atoms with Gasteiger partial charge in [0.25, 0.3) is 0 Å². The highest BCUT2D eigenvalue weighted by Gasteiger charge is 2.44. The van der Waals surface area contributed by atoms with Crippen molar-refractivity contribution in [3.63, 3.8) is 0 Å². The summed E-state index contributed by atoms with van der Waals surface area (Å²) in [6, 6.07) is 14.6. The normalized spacial score (nSPS) is 24.3. The van der Waals surface area contributed by atoms with Gasteiger partial charge in [-0.05, 0) is 54.8 Å². The van der Waals surface area contributed by atoms with E-state index in [0.717, 1.165) is 40.8 Å². The first-order chi connectivity index (χ1) is 17.5. The molecule has 6 rings (SSSR count). The smallest absolute Gasteiger partial charge is 0.128 e. The molecule has 7 heteroatoms. The minimum atomic E-state index is -0.868. The molecule has 0 bridgehead atoms. The standard InChI is InChI=1S/C29H30O7/c1-33-19-12-17(10-16-4-2-5-18(30)11-16)29-21(13-19)27(31)22(15-36-29)23-14-35-25-8-7-24-20(6-3-9-34-24)26(25)28(23)32/h2,4-5,7-8,11-13,22-23,27-28,30-32H,3,6,9-10,14-15H2,1H3. The lowest BCUT2D eigenvalue weighted by molar-refractivity contribution is -0.0559. The third kappa shape index (κ3) is 3.92. The molecule has 3 heterocycles. The van der Waals surface area contributed by atoms with Crippen molar-refractivity contribution in [1.29, 1.82) is 0 Å². The zero-order valence-corrected chi connectivity index (χ0v) is 20.1. The van der Waals surface area contributed by atoms with Gasteiger partial charge < -0.3 is 34.3 Å². The van der Waals surface area contributed by atoms with Crippen LogP contribution in [0.15, 0.2) is 48.5 Å². The number of fused-ring (bicyclic) bond motifs is 4. The first-order valence-corrected chi connectivity index (χ1v) is 12.4. The van der Waals surface area contributed by atoms with Gasteiger partial charge in [0, 0.05) is 40.5 Å². The number of aromatic hydroxyl groups is 1. The number of rotatable bonds is 4. The average molecular weight is 491 g/mol. The van der Waals surface area contributed by atoms with Gasteiger partial charge >= 0.3 is 0 Å². The van der Waals surface area contributed by atoms with E-state index in [-0.39, 0.29) is 30.8 Å². The summed E-state index contributed by atoms with van der Waals surface area (Å²) in [7, 11) is 1.59. The number of aliphatic hydroxyl groups excluding tert-OH is 2. The predicted octanol–water partition coefficient (Wildman–Crippen LogP) is 4.10. The number of ether oxygens (including phenoxy) is 4. The monoisotopic (exact) mass is 490 g/mol. The second-order valence-electron chi connectivity index (χ2n) is 9.80. The van der Waals surface area contributed by atoms with E-state index in [1.165, 1.54) is 0 Å². The maximum absolute atomic E-state index is 11.6. The van der Waals surface area contributed by atoms with Crippen molar-refractivity contribution in [1.82, 2.24) is 0 Å². The van der Waals surface area contributed by atoms with Crippen LogP contribution in [0, 0.1) is 11.8 Å². The largest absolute Gasteiger partial charge is 0.508 e. The van der Waals surface area contributed by atoms with Crippen LogP contribution < -0.4 is 18.9 Å². The molecule has 3 aliphatic rings. The van der Waals surface area contributed by atoms with Gasteiger partial charge in [0.15, 0.2) is 0 Å². The quantitative estimate of drug-likeness (QED) is 0.507. The third-order valence-corrected chi connectivity index (χ3v) is 7.64. The van der Waals surface area contributed by atoms with Crippen molar-refractivity contribution in [2.24, 2.45) is 11.8 Å². The Bertz CT molecular complexity index is 1290. The van der Waals surface area contributed by atoms with Crippen molar-refractivity contribution < 1.29 is 34.3 Å². The van der Waals surface area contributed by atoms with Gasteiger partial charge in [-0.1, -0.05) is 12.1 Å². The fourth-order valence-electron chi connectivity index (χ4n) is 5.82. The number of phenols is 1. The van der Waals surface area contributed by atoms with E-state index in [9.17, 15) is 15.3 Å². The van der Waals surface area contributed by atoms with Crippen LogP contribution >= 0.6 is 0 Å². The molecule has 3 aromatic carbocycles. The minimum absolute atomic E-state index is 0.199. The topological polar surface area (TPSA) is 97.6 Å². The summed E-state index contributed by atoms with van der Waals surface area (Å²) in [4.78, 5) is 0. The molecule has 188 valence electrons. The van der Waals surface area contributed by atoms with Crippen molar-refractivity contribution in [2.45, 2.75) is 31.5 Å². The first-order valence-electron chi connectivity index (χ1n) is 12.4. The lowest BCUT2D eigenvalue weighted by atomic mass is 9.76. The predicted molar refractivity (Wildman–Crippen MR) is 132 cm³/mol. The summed E-state index contributed by atoms with van der Waals surface area (Å²) in [5, 5.41) is 33.0. The van der Waals surface area contributed by atoms with Crippen LogP contribution in [0.5, 0.6) is 28.7 Å².